The van der Waals surface area contributed by atoms with Crippen LogP contribution in [0.3, 0.4) is 0 Å². The quantitative estimate of drug-likeness (QED) is 0.522. The summed E-state index contributed by atoms with van der Waals surface area (Å²) >= 11 is 6.45. The number of aromatic nitrogens is 1. The number of nitrogens with two attached hydrogens (primary N) is 1. The smallest absolute Gasteiger partial charge is 0.250 e. The Bertz CT molecular complexity index is 1070. The van der Waals surface area contributed by atoms with Crippen LogP contribution in [0.4, 0.5) is 0 Å². The van der Waals surface area contributed by atoms with Gasteiger partial charge in [-0.15, -0.1) is 0 Å². The first-order chi connectivity index (χ1) is 12.1. The minimum atomic E-state index is -0.459. The van der Waals surface area contributed by atoms with E-state index in [1.165, 1.54) is 0 Å². The van der Waals surface area contributed by atoms with Crippen LogP contribution in [0.25, 0.3) is 33.2 Å². The molecule has 0 saturated heterocycles. The normalized spacial score (nSPS) is 10.9. The summed E-state index contributed by atoms with van der Waals surface area (Å²) in [5.41, 5.74) is 10.9. The van der Waals surface area contributed by atoms with Crippen LogP contribution >= 0.6 is 11.6 Å². The van der Waals surface area contributed by atoms with Crippen molar-refractivity contribution in [2.24, 2.45) is 5.73 Å². The molecule has 4 heteroatoms. The highest BCUT2D eigenvalue weighted by atomic mass is 35.5. The maximum Gasteiger partial charge on any atom is 0.250 e. The maximum absolute atomic E-state index is 11.6. The van der Waals surface area contributed by atoms with Crippen LogP contribution < -0.4 is 5.73 Å². The Morgan fingerprint density at radius 3 is 2.20 bits per heavy atom. The molecular formula is C21H15ClN2O. The fourth-order valence-corrected chi connectivity index (χ4v) is 3.31. The van der Waals surface area contributed by atoms with Gasteiger partial charge >= 0.3 is 0 Å². The van der Waals surface area contributed by atoms with Crippen molar-refractivity contribution in [1.82, 2.24) is 4.98 Å². The molecule has 0 aliphatic rings. The van der Waals surface area contributed by atoms with Gasteiger partial charge in [0.05, 0.1) is 10.6 Å². The van der Waals surface area contributed by atoms with Gasteiger partial charge in [0.25, 0.3) is 5.91 Å². The molecule has 0 spiro atoms. The zero-order chi connectivity index (χ0) is 17.4. The van der Waals surface area contributed by atoms with Crippen molar-refractivity contribution in [3.8, 4) is 22.3 Å². The molecule has 0 aliphatic heterocycles. The summed E-state index contributed by atoms with van der Waals surface area (Å²) < 4.78 is 0. The van der Waals surface area contributed by atoms with Gasteiger partial charge in [-0.1, -0.05) is 66.2 Å². The summed E-state index contributed by atoms with van der Waals surface area (Å²) in [7, 11) is 0. The van der Waals surface area contributed by atoms with Crippen LogP contribution in [0.5, 0.6) is 0 Å². The van der Waals surface area contributed by atoms with Crippen molar-refractivity contribution in [2.75, 3.05) is 0 Å². The molecule has 4 rings (SSSR count). The number of carbonyl (C=O) groups excluding carboxylic acids is 1. The van der Waals surface area contributed by atoms with Crippen LogP contribution in [0.2, 0.25) is 5.02 Å². The summed E-state index contributed by atoms with van der Waals surface area (Å²) in [6, 6.07) is 22.1. The number of aromatic amines is 1. The molecule has 0 aliphatic carbocycles. The highest BCUT2D eigenvalue weighted by Gasteiger charge is 2.13. The molecule has 3 aromatic carbocycles. The van der Waals surface area contributed by atoms with Crippen LogP contribution in [-0.2, 0) is 0 Å². The molecule has 25 heavy (non-hydrogen) atoms. The first-order valence-electron chi connectivity index (χ1n) is 7.90. The number of benzene rings is 3. The van der Waals surface area contributed by atoms with E-state index in [1.807, 2.05) is 42.5 Å². The van der Waals surface area contributed by atoms with Crippen molar-refractivity contribution in [3.05, 3.63) is 83.5 Å². The molecule has 1 aromatic heterocycles. The minimum absolute atomic E-state index is 0.459. The number of halogens is 1. The van der Waals surface area contributed by atoms with E-state index in [-0.39, 0.29) is 0 Å². The molecule has 0 bridgehead atoms. The SMILES string of the molecule is NC(=O)c1c[nH]c2cc(Cl)c(-c3ccc(-c4ccccc4)cc3)cc12. The molecule has 122 valence electrons. The zero-order valence-electron chi connectivity index (χ0n) is 13.3. The lowest BCUT2D eigenvalue weighted by atomic mass is 9.99. The van der Waals surface area contributed by atoms with Crippen molar-refractivity contribution in [1.29, 1.82) is 0 Å². The lowest BCUT2D eigenvalue weighted by molar-refractivity contribution is 0.100. The Kier molecular flexibility index (Phi) is 3.79. The summed E-state index contributed by atoms with van der Waals surface area (Å²) in [4.78, 5) is 14.6. The van der Waals surface area contributed by atoms with Gasteiger partial charge in [-0.2, -0.15) is 0 Å². The van der Waals surface area contributed by atoms with E-state index in [4.69, 9.17) is 17.3 Å². The Labute approximate surface area is 150 Å². The van der Waals surface area contributed by atoms with E-state index in [2.05, 4.69) is 29.2 Å². The number of carbonyl (C=O) groups is 1. The van der Waals surface area contributed by atoms with Gasteiger partial charge in [0.15, 0.2) is 0 Å². The number of primary amides is 1. The topological polar surface area (TPSA) is 58.9 Å². The lowest BCUT2D eigenvalue weighted by Gasteiger charge is -2.08. The Hall–Kier alpha value is -3.04. The summed E-state index contributed by atoms with van der Waals surface area (Å²) in [5.74, 6) is -0.459. The second kappa shape index (κ2) is 6.11. The second-order valence-corrected chi connectivity index (χ2v) is 6.29. The Morgan fingerprint density at radius 1 is 0.880 bits per heavy atom. The number of hydrogen-bond acceptors (Lipinski definition) is 1. The third-order valence-corrected chi connectivity index (χ3v) is 4.65. The van der Waals surface area contributed by atoms with Gasteiger partial charge in [0.1, 0.15) is 0 Å². The monoisotopic (exact) mass is 346 g/mol. The number of amides is 1. The Balaban J connectivity index is 1.80. The molecule has 0 saturated carbocycles. The number of nitrogens with one attached hydrogen (secondary N) is 1. The number of hydrogen-bond donors (Lipinski definition) is 2. The van der Waals surface area contributed by atoms with Gasteiger partial charge in [0, 0.05) is 22.7 Å². The lowest BCUT2D eigenvalue weighted by Crippen LogP contribution is -2.09. The first kappa shape index (κ1) is 15.5. The fraction of sp³-hybridized carbons (Fsp3) is 0. The van der Waals surface area contributed by atoms with Gasteiger partial charge < -0.3 is 10.7 Å². The van der Waals surface area contributed by atoms with Crippen molar-refractivity contribution in [2.45, 2.75) is 0 Å². The fourth-order valence-electron chi connectivity index (χ4n) is 3.04. The zero-order valence-corrected chi connectivity index (χ0v) is 14.0. The highest BCUT2D eigenvalue weighted by Crippen LogP contribution is 2.34. The standard InChI is InChI=1S/C21H15ClN2O/c22-19-11-20-17(18(12-24-20)21(23)25)10-16(19)15-8-6-14(7-9-15)13-4-2-1-3-5-13/h1-12,24H,(H2,23,25). The predicted octanol–water partition coefficient (Wildman–Crippen LogP) is 5.25. The van der Waals surface area contributed by atoms with Crippen LogP contribution in [0, 0.1) is 0 Å². The van der Waals surface area contributed by atoms with Gasteiger partial charge in [-0.25, -0.2) is 0 Å². The van der Waals surface area contributed by atoms with Crippen molar-refractivity contribution >= 4 is 28.4 Å². The average Bonchev–Trinajstić information content (AvgIpc) is 3.05. The number of fused-ring (bicyclic) bond motifs is 1. The maximum atomic E-state index is 11.6. The molecule has 4 aromatic rings. The number of rotatable bonds is 3. The van der Waals surface area contributed by atoms with E-state index in [9.17, 15) is 4.79 Å². The third kappa shape index (κ3) is 2.79. The molecule has 0 radical (unpaired) electrons. The molecule has 0 unspecified atom stereocenters. The Morgan fingerprint density at radius 2 is 1.52 bits per heavy atom. The van der Waals surface area contributed by atoms with E-state index in [0.717, 1.165) is 33.2 Å². The molecular weight excluding hydrogens is 332 g/mol. The highest BCUT2D eigenvalue weighted by molar-refractivity contribution is 6.34. The van der Waals surface area contributed by atoms with E-state index < -0.39 is 5.91 Å². The molecule has 3 nitrogen and oxygen atoms in total. The molecule has 0 fully saturated rings. The molecule has 3 N–H and O–H groups in total. The molecule has 1 heterocycles. The van der Waals surface area contributed by atoms with Gasteiger partial charge in [-0.3, -0.25) is 4.79 Å². The minimum Gasteiger partial charge on any atom is -0.366 e. The van der Waals surface area contributed by atoms with Crippen LogP contribution in [0.1, 0.15) is 10.4 Å². The summed E-state index contributed by atoms with van der Waals surface area (Å²) in [6.07, 6.45) is 1.62. The van der Waals surface area contributed by atoms with Gasteiger partial charge in [0.2, 0.25) is 0 Å². The van der Waals surface area contributed by atoms with Crippen LogP contribution in [0.15, 0.2) is 72.9 Å². The third-order valence-electron chi connectivity index (χ3n) is 4.34. The van der Waals surface area contributed by atoms with E-state index in [0.29, 0.717) is 10.6 Å². The largest absolute Gasteiger partial charge is 0.366 e. The predicted molar refractivity (Wildman–Crippen MR) is 103 cm³/mol. The van der Waals surface area contributed by atoms with Crippen molar-refractivity contribution in [3.63, 3.8) is 0 Å². The van der Waals surface area contributed by atoms with Gasteiger partial charge in [-0.05, 0) is 28.8 Å². The average molecular weight is 347 g/mol. The molecule has 0 atom stereocenters. The first-order valence-corrected chi connectivity index (χ1v) is 8.27. The second-order valence-electron chi connectivity index (χ2n) is 5.89. The summed E-state index contributed by atoms with van der Waals surface area (Å²) in [5, 5.41) is 1.40. The molecule has 1 amide bonds. The van der Waals surface area contributed by atoms with Crippen LogP contribution in [-0.4, -0.2) is 10.9 Å². The number of H-pyrrole nitrogens is 1. The van der Waals surface area contributed by atoms with E-state index >= 15 is 0 Å². The van der Waals surface area contributed by atoms with E-state index in [1.54, 1.807) is 6.20 Å². The van der Waals surface area contributed by atoms with Crippen molar-refractivity contribution < 1.29 is 4.79 Å². The summed E-state index contributed by atoms with van der Waals surface area (Å²) in [6.45, 7) is 0.